The number of rotatable bonds is 7. The lowest BCUT2D eigenvalue weighted by Crippen LogP contribution is -2.49. The molecule has 0 unspecified atom stereocenters. The summed E-state index contributed by atoms with van der Waals surface area (Å²) in [4.78, 5) is 31.2. The Morgan fingerprint density at radius 2 is 1.80 bits per heavy atom. The Labute approximate surface area is 206 Å². The number of hydrogen-bond donors (Lipinski definition) is 2. The van der Waals surface area contributed by atoms with E-state index in [9.17, 15) is 9.59 Å². The van der Waals surface area contributed by atoms with Crippen molar-refractivity contribution in [2.45, 2.75) is 65.5 Å². The number of amides is 2. The first kappa shape index (κ1) is 24.6. The molecular formula is C26H35N7O2. The highest BCUT2D eigenvalue weighted by atomic mass is 16.2. The minimum Gasteiger partial charge on any atom is -0.339 e. The van der Waals surface area contributed by atoms with Crippen molar-refractivity contribution in [3.8, 4) is 11.4 Å². The lowest BCUT2D eigenvalue weighted by Gasteiger charge is -2.32. The van der Waals surface area contributed by atoms with Gasteiger partial charge in [0, 0.05) is 19.3 Å². The maximum Gasteiger partial charge on any atom is 0.270 e. The first-order valence-electron chi connectivity index (χ1n) is 12.3. The predicted molar refractivity (Wildman–Crippen MR) is 135 cm³/mol. The molecule has 3 heterocycles. The van der Waals surface area contributed by atoms with Crippen LogP contribution >= 0.6 is 0 Å². The van der Waals surface area contributed by atoms with Crippen LogP contribution in [-0.2, 0) is 11.8 Å². The molecule has 3 aromatic rings. The summed E-state index contributed by atoms with van der Waals surface area (Å²) in [6.07, 6.45) is 8.97. The lowest BCUT2D eigenvalue weighted by atomic mass is 9.79. The molecule has 186 valence electrons. The Kier molecular flexibility index (Phi) is 7.33. The molecule has 2 N–H and O–H groups in total. The van der Waals surface area contributed by atoms with E-state index in [1.807, 2.05) is 40.0 Å². The van der Waals surface area contributed by atoms with Gasteiger partial charge in [0.25, 0.3) is 5.91 Å². The normalized spacial score (nSPS) is 18.9. The largest absolute Gasteiger partial charge is 0.339 e. The number of pyridine rings is 1. The van der Waals surface area contributed by atoms with E-state index < -0.39 is 6.04 Å². The van der Waals surface area contributed by atoms with Crippen LogP contribution in [0.15, 0.2) is 36.8 Å². The minimum atomic E-state index is -0.635. The third-order valence-corrected chi connectivity index (χ3v) is 6.89. The first-order valence-corrected chi connectivity index (χ1v) is 12.3. The fraction of sp³-hybridized carbons (Fsp3) is 0.500. The molecule has 1 aliphatic rings. The second kappa shape index (κ2) is 10.4. The zero-order chi connectivity index (χ0) is 25.1. The van der Waals surface area contributed by atoms with Crippen LogP contribution in [0.25, 0.3) is 11.4 Å². The topological polar surface area (TPSA) is 107 Å². The molecule has 9 heteroatoms. The molecule has 2 amide bonds. The zero-order valence-electron chi connectivity index (χ0n) is 21.2. The van der Waals surface area contributed by atoms with Gasteiger partial charge < -0.3 is 10.6 Å². The van der Waals surface area contributed by atoms with Gasteiger partial charge in [-0.15, -0.1) is 0 Å². The third kappa shape index (κ3) is 5.44. The molecule has 3 aromatic heterocycles. The number of nitrogens with one attached hydrogen (secondary N) is 2. The summed E-state index contributed by atoms with van der Waals surface area (Å²) in [6.45, 7) is 8.17. The van der Waals surface area contributed by atoms with Gasteiger partial charge in [-0.3, -0.25) is 23.9 Å². The number of aromatic nitrogens is 5. The van der Waals surface area contributed by atoms with Gasteiger partial charge in [-0.2, -0.15) is 10.2 Å². The van der Waals surface area contributed by atoms with Crippen LogP contribution in [0, 0.1) is 18.8 Å². The predicted octanol–water partition coefficient (Wildman–Crippen LogP) is 4.13. The summed E-state index contributed by atoms with van der Waals surface area (Å²) in [5, 5.41) is 14.5. The Bertz CT molecular complexity index is 1150. The van der Waals surface area contributed by atoms with E-state index in [-0.39, 0.29) is 23.8 Å². The minimum absolute atomic E-state index is 0.0428. The van der Waals surface area contributed by atoms with Gasteiger partial charge >= 0.3 is 0 Å². The fourth-order valence-corrected chi connectivity index (χ4v) is 4.88. The van der Waals surface area contributed by atoms with Gasteiger partial charge in [0.05, 0.1) is 29.5 Å². The van der Waals surface area contributed by atoms with Crippen molar-refractivity contribution in [3.05, 3.63) is 48.0 Å². The van der Waals surface area contributed by atoms with Crippen molar-refractivity contribution < 1.29 is 9.59 Å². The van der Waals surface area contributed by atoms with E-state index in [0.29, 0.717) is 17.3 Å². The van der Waals surface area contributed by atoms with Crippen LogP contribution in [0.2, 0.25) is 0 Å². The third-order valence-electron chi connectivity index (χ3n) is 6.89. The van der Waals surface area contributed by atoms with E-state index in [4.69, 9.17) is 0 Å². The highest BCUT2D eigenvalue weighted by Gasteiger charge is 2.33. The smallest absolute Gasteiger partial charge is 0.270 e. The van der Waals surface area contributed by atoms with Gasteiger partial charge in [0.2, 0.25) is 5.91 Å². The second-order valence-corrected chi connectivity index (χ2v) is 9.95. The Hall–Kier alpha value is -3.49. The number of carbonyl (C=O) groups excluding carboxylic acids is 2. The molecule has 0 radical (unpaired) electrons. The molecule has 1 fully saturated rings. The summed E-state index contributed by atoms with van der Waals surface area (Å²) in [5.74, 6) is 0.213. The molecular weight excluding hydrogens is 442 g/mol. The molecule has 1 saturated carbocycles. The molecule has 4 rings (SSSR count). The van der Waals surface area contributed by atoms with E-state index in [1.54, 1.807) is 34.0 Å². The van der Waals surface area contributed by atoms with Gasteiger partial charge in [-0.1, -0.05) is 19.8 Å². The van der Waals surface area contributed by atoms with Crippen molar-refractivity contribution in [3.63, 3.8) is 0 Å². The number of hydrogen-bond acceptors (Lipinski definition) is 5. The van der Waals surface area contributed by atoms with E-state index in [2.05, 4.69) is 32.7 Å². The standard InChI is InChI=1S/C26H35N7O2/c1-16(2)33-22(12-13-28-33)25(34)31-23(19-8-6-17(3)7-9-19)26(35)30-20-10-11-21(27-15-20)24-18(4)14-29-32(24)5/h10-17,19,23H,6-9H2,1-5H3,(H,30,35)(H,31,34)/t17-,19-,23-/m0/s1. The summed E-state index contributed by atoms with van der Waals surface area (Å²) in [6, 6.07) is 4.81. The quantitative estimate of drug-likeness (QED) is 0.532. The highest BCUT2D eigenvalue weighted by molar-refractivity contribution is 6.00. The average molecular weight is 478 g/mol. The van der Waals surface area contributed by atoms with Crippen molar-refractivity contribution in [2.75, 3.05) is 5.32 Å². The number of nitrogens with zero attached hydrogens (tertiary/aromatic N) is 5. The molecule has 9 nitrogen and oxygen atoms in total. The summed E-state index contributed by atoms with van der Waals surface area (Å²) in [7, 11) is 1.88. The second-order valence-electron chi connectivity index (χ2n) is 9.95. The lowest BCUT2D eigenvalue weighted by molar-refractivity contribution is -0.119. The van der Waals surface area contributed by atoms with Crippen molar-refractivity contribution >= 4 is 17.5 Å². The van der Waals surface area contributed by atoms with Crippen LogP contribution in [0.4, 0.5) is 5.69 Å². The highest BCUT2D eigenvalue weighted by Crippen LogP contribution is 2.31. The van der Waals surface area contributed by atoms with E-state index >= 15 is 0 Å². The summed E-state index contributed by atoms with van der Waals surface area (Å²) in [5.41, 5.74) is 3.81. The molecule has 0 bridgehead atoms. The van der Waals surface area contributed by atoms with Crippen LogP contribution in [0.5, 0.6) is 0 Å². The monoisotopic (exact) mass is 477 g/mol. The van der Waals surface area contributed by atoms with Crippen LogP contribution < -0.4 is 10.6 Å². The number of aryl methyl sites for hydroxylation is 2. The maximum atomic E-state index is 13.4. The molecule has 1 aliphatic carbocycles. The van der Waals surface area contributed by atoms with Crippen molar-refractivity contribution in [2.24, 2.45) is 18.9 Å². The fourth-order valence-electron chi connectivity index (χ4n) is 4.88. The van der Waals surface area contributed by atoms with Crippen LogP contribution in [-0.4, -0.2) is 42.4 Å². The SMILES string of the molecule is Cc1cnn(C)c1-c1ccc(NC(=O)[C@@H](NC(=O)c2ccnn2C(C)C)[C@H]2CC[C@H](C)CC2)cn1. The average Bonchev–Trinajstić information content (AvgIpc) is 3.45. The molecule has 0 spiro atoms. The van der Waals surface area contributed by atoms with Gasteiger partial charge in [0.15, 0.2) is 0 Å². The maximum absolute atomic E-state index is 13.4. The summed E-state index contributed by atoms with van der Waals surface area (Å²) >= 11 is 0. The van der Waals surface area contributed by atoms with Crippen LogP contribution in [0.1, 0.15) is 68.5 Å². The Balaban J connectivity index is 1.52. The first-order chi connectivity index (χ1) is 16.7. The Morgan fingerprint density at radius 1 is 1.06 bits per heavy atom. The number of anilines is 1. The van der Waals surface area contributed by atoms with E-state index in [0.717, 1.165) is 42.6 Å². The molecule has 1 atom stereocenters. The summed E-state index contributed by atoms with van der Waals surface area (Å²) < 4.78 is 3.46. The van der Waals surface area contributed by atoms with Gasteiger partial charge in [-0.25, -0.2) is 0 Å². The Morgan fingerprint density at radius 3 is 2.40 bits per heavy atom. The molecule has 35 heavy (non-hydrogen) atoms. The van der Waals surface area contributed by atoms with Crippen LogP contribution in [0.3, 0.4) is 0 Å². The zero-order valence-corrected chi connectivity index (χ0v) is 21.2. The molecule has 0 aromatic carbocycles. The molecule has 0 saturated heterocycles. The van der Waals surface area contributed by atoms with Gasteiger partial charge in [-0.05, 0) is 69.2 Å². The van der Waals surface area contributed by atoms with Gasteiger partial charge in [0.1, 0.15) is 11.7 Å². The van der Waals surface area contributed by atoms with Crippen molar-refractivity contribution in [1.82, 2.24) is 29.9 Å². The van der Waals surface area contributed by atoms with E-state index in [1.165, 1.54) is 0 Å². The van der Waals surface area contributed by atoms with Crippen molar-refractivity contribution in [1.29, 1.82) is 0 Å². The molecule has 0 aliphatic heterocycles. The number of carbonyl (C=O) groups is 2.